The first kappa shape index (κ1) is 13.7. The van der Waals surface area contributed by atoms with Crippen LogP contribution in [0.3, 0.4) is 0 Å². The number of halogens is 1. The minimum atomic E-state index is -0.151. The zero-order valence-electron chi connectivity index (χ0n) is 10.3. The van der Waals surface area contributed by atoms with Crippen LogP contribution in [0.15, 0.2) is 51.6 Å². The van der Waals surface area contributed by atoms with Crippen LogP contribution in [-0.2, 0) is 11.2 Å². The molecule has 1 aromatic carbocycles. The summed E-state index contributed by atoms with van der Waals surface area (Å²) in [7, 11) is 0. The number of amides is 1. The van der Waals surface area contributed by atoms with Gasteiger partial charge in [-0.1, -0.05) is 12.1 Å². The maximum absolute atomic E-state index is 11.6. The summed E-state index contributed by atoms with van der Waals surface area (Å²) in [6.45, 7) is 0.534. The molecule has 0 aliphatic heterocycles. The van der Waals surface area contributed by atoms with Gasteiger partial charge in [0.25, 0.3) is 5.91 Å². The maximum atomic E-state index is 11.6. The number of rotatable bonds is 6. The molecular formula is C14H14BrNO3. The summed E-state index contributed by atoms with van der Waals surface area (Å²) in [5, 5.41) is 2.77. The first-order chi connectivity index (χ1) is 9.25. The minimum Gasteiger partial charge on any atom is -0.483 e. The van der Waals surface area contributed by atoms with Crippen molar-refractivity contribution in [3.8, 4) is 5.75 Å². The van der Waals surface area contributed by atoms with Crippen LogP contribution in [0, 0.1) is 0 Å². The van der Waals surface area contributed by atoms with Gasteiger partial charge in [0, 0.05) is 13.0 Å². The number of ether oxygens (including phenoxy) is 1. The highest BCUT2D eigenvalue weighted by Gasteiger charge is 2.05. The van der Waals surface area contributed by atoms with Gasteiger partial charge in [-0.05, 0) is 40.2 Å². The van der Waals surface area contributed by atoms with Crippen LogP contribution >= 0.6 is 15.9 Å². The minimum absolute atomic E-state index is 0.000762. The maximum Gasteiger partial charge on any atom is 0.257 e. The molecule has 0 atom stereocenters. The fraction of sp³-hybridized carbons (Fsp3) is 0.214. The van der Waals surface area contributed by atoms with Crippen molar-refractivity contribution < 1.29 is 13.9 Å². The average Bonchev–Trinajstić information content (AvgIpc) is 2.91. The second kappa shape index (κ2) is 6.99. The van der Waals surface area contributed by atoms with E-state index in [0.717, 1.165) is 10.2 Å². The second-order valence-corrected chi connectivity index (χ2v) is 4.75. The largest absolute Gasteiger partial charge is 0.483 e. The van der Waals surface area contributed by atoms with E-state index < -0.39 is 0 Å². The Bertz CT molecular complexity index is 525. The molecule has 1 heterocycles. The summed E-state index contributed by atoms with van der Waals surface area (Å²) in [4.78, 5) is 11.6. The molecule has 1 aromatic heterocycles. The third-order valence-corrected chi connectivity index (χ3v) is 3.12. The van der Waals surface area contributed by atoms with Crippen LogP contribution in [0.4, 0.5) is 0 Å². The first-order valence-corrected chi connectivity index (χ1v) is 6.71. The summed E-state index contributed by atoms with van der Waals surface area (Å²) in [6, 6.07) is 11.1. The van der Waals surface area contributed by atoms with Crippen molar-refractivity contribution >= 4 is 21.8 Å². The Morgan fingerprint density at radius 1 is 1.26 bits per heavy atom. The number of carbonyl (C=O) groups is 1. The molecule has 0 saturated heterocycles. The van der Waals surface area contributed by atoms with Crippen LogP contribution < -0.4 is 10.1 Å². The van der Waals surface area contributed by atoms with E-state index >= 15 is 0 Å². The highest BCUT2D eigenvalue weighted by Crippen LogP contribution is 2.23. The normalized spacial score (nSPS) is 10.2. The van der Waals surface area contributed by atoms with Crippen LogP contribution in [0.1, 0.15) is 5.76 Å². The van der Waals surface area contributed by atoms with E-state index in [1.165, 1.54) is 0 Å². The van der Waals surface area contributed by atoms with Crippen molar-refractivity contribution in [2.24, 2.45) is 0 Å². The van der Waals surface area contributed by atoms with Crippen LogP contribution in [0.5, 0.6) is 5.75 Å². The van der Waals surface area contributed by atoms with Crippen molar-refractivity contribution in [1.82, 2.24) is 5.32 Å². The summed E-state index contributed by atoms with van der Waals surface area (Å²) in [5.74, 6) is 1.36. The van der Waals surface area contributed by atoms with Crippen LogP contribution in [0.25, 0.3) is 0 Å². The molecule has 0 aliphatic rings. The standard InChI is InChI=1S/C14H14BrNO3/c15-12-5-1-2-6-13(12)19-10-14(17)16-8-7-11-4-3-9-18-11/h1-6,9H,7-8,10H2,(H,16,17). The average molecular weight is 324 g/mol. The highest BCUT2D eigenvalue weighted by molar-refractivity contribution is 9.10. The third kappa shape index (κ3) is 4.44. The van der Waals surface area contributed by atoms with Gasteiger partial charge >= 0.3 is 0 Å². The highest BCUT2D eigenvalue weighted by atomic mass is 79.9. The SMILES string of the molecule is O=C(COc1ccccc1Br)NCCc1ccco1. The monoisotopic (exact) mass is 323 g/mol. The van der Waals surface area contributed by atoms with Gasteiger partial charge in [0.05, 0.1) is 10.7 Å². The first-order valence-electron chi connectivity index (χ1n) is 5.92. The number of benzene rings is 1. The fourth-order valence-electron chi connectivity index (χ4n) is 1.54. The zero-order chi connectivity index (χ0) is 13.5. The molecule has 0 fully saturated rings. The Morgan fingerprint density at radius 3 is 2.84 bits per heavy atom. The predicted octanol–water partition coefficient (Wildman–Crippen LogP) is 2.78. The lowest BCUT2D eigenvalue weighted by Gasteiger charge is -2.08. The summed E-state index contributed by atoms with van der Waals surface area (Å²) in [6.07, 6.45) is 2.29. The van der Waals surface area contributed by atoms with Crippen molar-refractivity contribution in [3.63, 3.8) is 0 Å². The smallest absolute Gasteiger partial charge is 0.257 e. The number of para-hydroxylation sites is 1. The molecule has 2 aromatic rings. The van der Waals surface area contributed by atoms with Crippen LogP contribution in [-0.4, -0.2) is 19.1 Å². The lowest BCUT2D eigenvalue weighted by atomic mass is 10.3. The molecule has 0 unspecified atom stereocenters. The molecule has 0 bridgehead atoms. The molecule has 0 aliphatic carbocycles. The van der Waals surface area contributed by atoms with E-state index in [1.807, 2.05) is 30.3 Å². The van der Waals surface area contributed by atoms with Crippen LogP contribution in [0.2, 0.25) is 0 Å². The molecule has 19 heavy (non-hydrogen) atoms. The molecule has 0 radical (unpaired) electrons. The summed E-state index contributed by atoms with van der Waals surface area (Å²) < 4.78 is 11.4. The Hall–Kier alpha value is -1.75. The molecule has 100 valence electrons. The molecule has 1 amide bonds. The Morgan fingerprint density at radius 2 is 2.11 bits per heavy atom. The Kier molecular flexibility index (Phi) is 5.03. The molecular weight excluding hydrogens is 310 g/mol. The van der Waals surface area contributed by atoms with E-state index in [9.17, 15) is 4.79 Å². The molecule has 2 rings (SSSR count). The quantitative estimate of drug-likeness (QED) is 0.889. The number of carbonyl (C=O) groups excluding carboxylic acids is 1. The van der Waals surface area contributed by atoms with E-state index in [-0.39, 0.29) is 12.5 Å². The molecule has 1 N–H and O–H groups in total. The lowest BCUT2D eigenvalue weighted by molar-refractivity contribution is -0.123. The van der Waals surface area contributed by atoms with E-state index in [4.69, 9.17) is 9.15 Å². The van der Waals surface area contributed by atoms with Crippen molar-refractivity contribution in [3.05, 3.63) is 52.9 Å². The van der Waals surface area contributed by atoms with Crippen molar-refractivity contribution in [2.45, 2.75) is 6.42 Å². The molecule has 4 nitrogen and oxygen atoms in total. The van der Waals surface area contributed by atoms with E-state index in [1.54, 1.807) is 12.3 Å². The van der Waals surface area contributed by atoms with Gasteiger partial charge in [-0.2, -0.15) is 0 Å². The molecule has 5 heteroatoms. The zero-order valence-corrected chi connectivity index (χ0v) is 11.9. The van der Waals surface area contributed by atoms with Gasteiger partial charge in [-0.25, -0.2) is 0 Å². The predicted molar refractivity (Wildman–Crippen MR) is 75.1 cm³/mol. The fourth-order valence-corrected chi connectivity index (χ4v) is 1.94. The Labute approximate surface area is 119 Å². The van der Waals surface area contributed by atoms with Crippen molar-refractivity contribution in [2.75, 3.05) is 13.2 Å². The Balaban J connectivity index is 1.69. The summed E-state index contributed by atoms with van der Waals surface area (Å²) >= 11 is 3.36. The van der Waals surface area contributed by atoms with Gasteiger partial charge in [0.1, 0.15) is 11.5 Å². The van der Waals surface area contributed by atoms with Gasteiger partial charge in [0.2, 0.25) is 0 Å². The second-order valence-electron chi connectivity index (χ2n) is 3.90. The topological polar surface area (TPSA) is 51.5 Å². The van der Waals surface area contributed by atoms with Gasteiger partial charge < -0.3 is 14.5 Å². The van der Waals surface area contributed by atoms with Gasteiger partial charge in [-0.15, -0.1) is 0 Å². The number of hydrogen-bond acceptors (Lipinski definition) is 3. The molecule has 0 spiro atoms. The number of hydrogen-bond donors (Lipinski definition) is 1. The number of nitrogens with one attached hydrogen (secondary N) is 1. The van der Waals surface area contributed by atoms with E-state index in [2.05, 4.69) is 21.2 Å². The van der Waals surface area contributed by atoms with Gasteiger partial charge in [-0.3, -0.25) is 4.79 Å². The summed E-state index contributed by atoms with van der Waals surface area (Å²) in [5.41, 5.74) is 0. The lowest BCUT2D eigenvalue weighted by Crippen LogP contribution is -2.30. The number of furan rings is 1. The van der Waals surface area contributed by atoms with E-state index in [0.29, 0.717) is 18.7 Å². The third-order valence-electron chi connectivity index (χ3n) is 2.47. The van der Waals surface area contributed by atoms with Gasteiger partial charge in [0.15, 0.2) is 6.61 Å². The van der Waals surface area contributed by atoms with Crippen molar-refractivity contribution in [1.29, 1.82) is 0 Å². The molecule has 0 saturated carbocycles.